The van der Waals surface area contributed by atoms with E-state index in [4.69, 9.17) is 47.1 Å². The molecule has 0 bridgehead atoms. The average Bonchev–Trinajstić information content (AvgIpc) is 3.47. The van der Waals surface area contributed by atoms with E-state index in [1.165, 1.54) is 11.2 Å². The van der Waals surface area contributed by atoms with Crippen molar-refractivity contribution in [2.45, 2.75) is 135 Å². The normalized spacial score (nSPS) is 30.1. The molecular weight excluding hydrogens is 661 g/mol. The van der Waals surface area contributed by atoms with E-state index < -0.39 is 76.9 Å². The van der Waals surface area contributed by atoms with Gasteiger partial charge in [-0.25, -0.2) is 9.79 Å². The predicted molar refractivity (Wildman–Crippen MR) is 182 cm³/mol. The van der Waals surface area contributed by atoms with Gasteiger partial charge >= 0.3 is 13.7 Å². The van der Waals surface area contributed by atoms with Crippen molar-refractivity contribution in [2.24, 2.45) is 15.9 Å². The molecule has 2 saturated heterocycles. The molecule has 14 nitrogen and oxygen atoms in total. The molecule has 0 saturated carbocycles. The minimum atomic E-state index is -3.60. The summed E-state index contributed by atoms with van der Waals surface area (Å²) in [5.41, 5.74) is 0.334. The Hall–Kier alpha value is -1.52. The zero-order chi connectivity index (χ0) is 35.5. The molecule has 0 aromatic carbocycles. The van der Waals surface area contributed by atoms with Gasteiger partial charge in [-0.15, -0.1) is 0 Å². The molecule has 2 unspecified atom stereocenters. The lowest BCUT2D eigenvalue weighted by Gasteiger charge is -2.39. The predicted octanol–water partition coefficient (Wildman–Crippen LogP) is 5.81. The van der Waals surface area contributed by atoms with Gasteiger partial charge in [-0.3, -0.25) is 14.5 Å². The van der Waals surface area contributed by atoms with Crippen LogP contribution in [0, 0.1) is 5.92 Å². The van der Waals surface area contributed by atoms with Gasteiger partial charge in [-0.1, -0.05) is 20.8 Å². The van der Waals surface area contributed by atoms with E-state index in [0.29, 0.717) is 24.4 Å². The summed E-state index contributed by atoms with van der Waals surface area (Å²) < 4.78 is 61.0. The number of nitrogens with zero attached hydrogens (tertiary/aromatic N) is 3. The molecule has 4 rings (SSSR count). The number of hydrogen-bond donors (Lipinski definition) is 1. The lowest BCUT2D eigenvalue weighted by Crippen LogP contribution is -2.48. The maximum absolute atomic E-state index is 13.3. The molecule has 2 fully saturated rings. The van der Waals surface area contributed by atoms with Gasteiger partial charge in [0.1, 0.15) is 36.4 Å². The summed E-state index contributed by atoms with van der Waals surface area (Å²) in [4.78, 5) is 24.2. The Labute approximate surface area is 286 Å². The number of ether oxygens (including phenoxy) is 5. The summed E-state index contributed by atoms with van der Waals surface area (Å²) in [5.74, 6) is -0.645. The molecule has 4 aliphatic heterocycles. The van der Waals surface area contributed by atoms with Gasteiger partial charge < -0.3 is 42.3 Å². The molecule has 274 valence electrons. The third kappa shape index (κ3) is 9.62. The van der Waals surface area contributed by atoms with E-state index in [9.17, 15) is 14.5 Å². The highest BCUT2D eigenvalue weighted by molar-refractivity contribution is 7.53. The van der Waals surface area contributed by atoms with E-state index in [1.807, 2.05) is 0 Å². The number of amides is 1. The lowest BCUT2D eigenvalue weighted by molar-refractivity contribution is -0.241. The molecule has 16 heteroatoms. The number of aliphatic imine (C=N–C) groups is 2. The smallest absolute Gasteiger partial charge is 0.415 e. The lowest BCUT2D eigenvalue weighted by atomic mass is 9.94. The second kappa shape index (κ2) is 15.8. The quantitative estimate of drug-likeness (QED) is 0.192. The first-order valence-electron chi connectivity index (χ1n) is 17.0. The fraction of sp³-hybridized carbons (Fsp3) is 0.844. The second-order valence-electron chi connectivity index (χ2n) is 14.9. The monoisotopic (exact) mass is 717 g/mol. The molecule has 4 heterocycles. The Bertz CT molecular complexity index is 1250. The van der Waals surface area contributed by atoms with E-state index >= 15 is 0 Å². The fourth-order valence-electron chi connectivity index (χ4n) is 5.52. The SMILES string of the molecule is CCOP(=O)(CO[C@H]1O[C@@H](C2C=NC3=C2N=CN(C(=O)OC(C)(C)C)C[C@H]3O[Si](C)(C)C(C)(C)C)[C@H](O)[C@H]1OC1CCCCO1)OCC. The Kier molecular flexibility index (Phi) is 12.9. The summed E-state index contributed by atoms with van der Waals surface area (Å²) in [6.07, 6.45) is -0.786. The van der Waals surface area contributed by atoms with E-state index in [-0.39, 0.29) is 24.8 Å². The minimum Gasteiger partial charge on any atom is -0.443 e. The molecule has 0 aromatic rings. The van der Waals surface area contributed by atoms with Crippen LogP contribution in [0.3, 0.4) is 0 Å². The Balaban J connectivity index is 1.65. The molecule has 0 radical (unpaired) electrons. The Morgan fingerprint density at radius 1 is 1.08 bits per heavy atom. The molecule has 0 aliphatic carbocycles. The zero-order valence-electron chi connectivity index (χ0n) is 30.2. The van der Waals surface area contributed by atoms with Crippen LogP contribution in [0.5, 0.6) is 0 Å². The summed E-state index contributed by atoms with van der Waals surface area (Å²) in [6, 6.07) is 0. The maximum Gasteiger partial charge on any atom is 0.415 e. The van der Waals surface area contributed by atoms with Crippen LogP contribution in [0.1, 0.15) is 74.7 Å². The first-order chi connectivity index (χ1) is 22.4. The first-order valence-corrected chi connectivity index (χ1v) is 21.6. The van der Waals surface area contributed by atoms with Crippen molar-refractivity contribution in [3.8, 4) is 0 Å². The van der Waals surface area contributed by atoms with Crippen LogP contribution in [0.15, 0.2) is 21.4 Å². The molecule has 1 amide bonds. The fourth-order valence-corrected chi connectivity index (χ4v) is 8.11. The summed E-state index contributed by atoms with van der Waals surface area (Å²) in [6.45, 7) is 20.6. The van der Waals surface area contributed by atoms with Crippen LogP contribution in [0.2, 0.25) is 18.1 Å². The van der Waals surface area contributed by atoms with Crippen LogP contribution in [-0.2, 0) is 41.7 Å². The highest BCUT2D eigenvalue weighted by Crippen LogP contribution is 2.49. The Morgan fingerprint density at radius 2 is 1.77 bits per heavy atom. The highest BCUT2D eigenvalue weighted by atomic mass is 31.2. The van der Waals surface area contributed by atoms with Gasteiger partial charge in [-0.05, 0) is 72.0 Å². The number of carbonyl (C=O) groups is 1. The summed E-state index contributed by atoms with van der Waals surface area (Å²) in [7, 11) is -5.97. The van der Waals surface area contributed by atoms with Crippen molar-refractivity contribution < 1.29 is 51.6 Å². The average molecular weight is 718 g/mol. The zero-order valence-corrected chi connectivity index (χ0v) is 32.1. The number of carbonyl (C=O) groups excluding carboxylic acids is 1. The number of hydrogen-bond acceptors (Lipinski definition) is 13. The molecule has 1 N–H and O–H groups in total. The number of rotatable bonds is 12. The Morgan fingerprint density at radius 3 is 2.35 bits per heavy atom. The van der Waals surface area contributed by atoms with E-state index in [1.54, 1.807) is 40.8 Å². The van der Waals surface area contributed by atoms with Crippen LogP contribution in [-0.4, -0.2) is 112 Å². The minimum absolute atomic E-state index is 0.122. The van der Waals surface area contributed by atoms with E-state index in [2.05, 4.69) is 33.9 Å². The molecular formula is C32H56N3O11PSi. The van der Waals surface area contributed by atoms with Crippen LogP contribution in [0.25, 0.3) is 0 Å². The van der Waals surface area contributed by atoms with Gasteiger partial charge in [-0.2, -0.15) is 0 Å². The molecule has 4 aliphatic rings. The molecule has 48 heavy (non-hydrogen) atoms. The number of aliphatic hydroxyl groups is 1. The van der Waals surface area contributed by atoms with Crippen molar-refractivity contribution >= 4 is 34.6 Å². The summed E-state index contributed by atoms with van der Waals surface area (Å²) >= 11 is 0. The van der Waals surface area contributed by atoms with Crippen LogP contribution in [0.4, 0.5) is 4.79 Å². The highest BCUT2D eigenvalue weighted by Gasteiger charge is 2.53. The first kappa shape index (κ1) is 39.3. The van der Waals surface area contributed by atoms with E-state index in [0.717, 1.165) is 12.8 Å². The topological polar surface area (TPSA) is 156 Å². The van der Waals surface area contributed by atoms with Crippen molar-refractivity contribution in [3.05, 3.63) is 11.4 Å². The van der Waals surface area contributed by atoms with Crippen LogP contribution >= 0.6 is 7.60 Å². The number of aliphatic hydroxyl groups excluding tert-OH is 1. The van der Waals surface area contributed by atoms with Crippen LogP contribution < -0.4 is 0 Å². The van der Waals surface area contributed by atoms with Gasteiger partial charge in [0.05, 0.1) is 37.1 Å². The van der Waals surface area contributed by atoms with Gasteiger partial charge in [0.2, 0.25) is 0 Å². The maximum atomic E-state index is 13.3. The molecule has 7 atom stereocenters. The second-order valence-corrected chi connectivity index (χ2v) is 21.7. The van der Waals surface area contributed by atoms with Crippen molar-refractivity contribution in [1.82, 2.24) is 4.90 Å². The van der Waals surface area contributed by atoms with Crippen molar-refractivity contribution in [2.75, 3.05) is 32.7 Å². The van der Waals surface area contributed by atoms with Gasteiger partial charge in [0.25, 0.3) is 0 Å². The third-order valence-electron chi connectivity index (χ3n) is 8.91. The largest absolute Gasteiger partial charge is 0.443 e. The molecule has 0 spiro atoms. The van der Waals surface area contributed by atoms with Gasteiger partial charge in [0.15, 0.2) is 27.2 Å². The van der Waals surface area contributed by atoms with Crippen molar-refractivity contribution in [1.29, 1.82) is 0 Å². The van der Waals surface area contributed by atoms with Crippen molar-refractivity contribution in [3.63, 3.8) is 0 Å². The molecule has 0 aromatic heterocycles. The standard InChI is InChI=1S/C32H56N3O11PSi/c1-11-41-47(38,42-12-2)20-40-29-28(43-23-15-13-14-16-39-23)26(36)27(44-29)21-17-33-25-22(46-48(9,10)32(6,7)8)18-35(19-34-24(21)25)30(37)45-31(3,4)5/h17,19,21-23,26-29,36H,11-16,18,20H2,1-10H3/t21?,22-,23?,26+,27+,28-,29+/m1/s1. The third-order valence-corrected chi connectivity index (χ3v) is 15.2. The van der Waals surface area contributed by atoms with Gasteiger partial charge in [0, 0.05) is 12.8 Å². The summed E-state index contributed by atoms with van der Waals surface area (Å²) in [5, 5.41) is 11.6.